The summed E-state index contributed by atoms with van der Waals surface area (Å²) < 4.78 is 1.11. The van der Waals surface area contributed by atoms with Crippen molar-refractivity contribution in [3.05, 3.63) is 38.6 Å². The van der Waals surface area contributed by atoms with Crippen molar-refractivity contribution in [2.45, 2.75) is 26.2 Å². The van der Waals surface area contributed by atoms with Crippen molar-refractivity contribution >= 4 is 27.3 Å². The highest BCUT2D eigenvalue weighted by Gasteiger charge is 2.07. The molecule has 0 spiro atoms. The topological polar surface area (TPSA) is 24.9 Å². The number of halogens is 1. The molecule has 1 heterocycles. The molecule has 0 saturated carbocycles. The first-order chi connectivity index (χ1) is 9.20. The zero-order valence-corrected chi connectivity index (χ0v) is 13.8. The minimum Gasteiger partial charge on any atom is -0.320 e. The van der Waals surface area contributed by atoms with Crippen LogP contribution in [-0.4, -0.2) is 18.6 Å². The summed E-state index contributed by atoms with van der Waals surface area (Å²) in [6.07, 6.45) is 3.49. The highest BCUT2D eigenvalue weighted by Crippen LogP contribution is 2.28. The lowest BCUT2D eigenvalue weighted by atomic mass is 10.1. The Morgan fingerprint density at radius 1 is 1.32 bits per heavy atom. The van der Waals surface area contributed by atoms with Crippen molar-refractivity contribution in [2.24, 2.45) is 0 Å². The van der Waals surface area contributed by atoms with E-state index in [1.807, 2.05) is 7.05 Å². The summed E-state index contributed by atoms with van der Waals surface area (Å²) in [5.74, 6) is 0. The van der Waals surface area contributed by atoms with Gasteiger partial charge >= 0.3 is 0 Å². The molecule has 19 heavy (non-hydrogen) atoms. The Kier molecular flexibility index (Phi) is 5.55. The van der Waals surface area contributed by atoms with Crippen LogP contribution in [0, 0.1) is 6.92 Å². The second-order valence-electron chi connectivity index (χ2n) is 4.65. The van der Waals surface area contributed by atoms with Crippen LogP contribution < -0.4 is 5.32 Å². The summed E-state index contributed by atoms with van der Waals surface area (Å²) in [5.41, 5.74) is 3.61. The molecular formula is C15H19BrN2S. The molecule has 0 bridgehead atoms. The van der Waals surface area contributed by atoms with Crippen LogP contribution in [0.5, 0.6) is 0 Å². The number of nitrogens with one attached hydrogen (secondary N) is 1. The lowest BCUT2D eigenvalue weighted by Crippen LogP contribution is -2.07. The van der Waals surface area contributed by atoms with E-state index in [1.54, 1.807) is 11.3 Å². The number of unbranched alkanes of at least 4 members (excludes halogenated alkanes) is 1. The van der Waals surface area contributed by atoms with Gasteiger partial charge in [0.05, 0.1) is 10.7 Å². The molecule has 0 aliphatic heterocycles. The van der Waals surface area contributed by atoms with E-state index in [1.165, 1.54) is 29.0 Å². The van der Waals surface area contributed by atoms with Gasteiger partial charge < -0.3 is 5.32 Å². The molecule has 2 rings (SSSR count). The van der Waals surface area contributed by atoms with Gasteiger partial charge in [-0.3, -0.25) is 0 Å². The first-order valence-electron chi connectivity index (χ1n) is 6.56. The van der Waals surface area contributed by atoms with Gasteiger partial charge in [-0.05, 0) is 57.5 Å². The van der Waals surface area contributed by atoms with Gasteiger partial charge in [-0.1, -0.05) is 22.0 Å². The number of benzene rings is 1. The molecule has 1 aromatic heterocycles. The van der Waals surface area contributed by atoms with Crippen molar-refractivity contribution in [2.75, 3.05) is 13.6 Å². The summed E-state index contributed by atoms with van der Waals surface area (Å²) in [6.45, 7) is 3.22. The average molecular weight is 339 g/mol. The number of hydrogen-bond acceptors (Lipinski definition) is 3. The lowest BCUT2D eigenvalue weighted by Gasteiger charge is -2.03. The summed E-state index contributed by atoms with van der Waals surface area (Å²) >= 11 is 5.30. The van der Waals surface area contributed by atoms with Gasteiger partial charge in [-0.15, -0.1) is 11.3 Å². The number of aryl methyl sites for hydroxylation is 2. The van der Waals surface area contributed by atoms with Crippen molar-refractivity contribution in [3.63, 3.8) is 0 Å². The standard InChI is InChI=1S/C15H19BrN2S/c1-11-6-7-12(16)9-13(11)14-10-19-15(18-14)5-3-4-8-17-2/h6-7,9-10,17H,3-5,8H2,1-2H3. The van der Waals surface area contributed by atoms with Gasteiger partial charge in [-0.25, -0.2) is 4.98 Å². The molecule has 0 aliphatic rings. The molecule has 4 heteroatoms. The molecule has 0 saturated heterocycles. The molecule has 1 N–H and O–H groups in total. The average Bonchev–Trinajstić information content (AvgIpc) is 2.86. The fraction of sp³-hybridized carbons (Fsp3) is 0.400. The quantitative estimate of drug-likeness (QED) is 0.788. The SMILES string of the molecule is CNCCCCc1nc(-c2cc(Br)ccc2C)cs1. The van der Waals surface area contributed by atoms with Crippen LogP contribution in [0.25, 0.3) is 11.3 Å². The molecular weight excluding hydrogens is 320 g/mol. The van der Waals surface area contributed by atoms with Gasteiger partial charge in [0.2, 0.25) is 0 Å². The Hall–Kier alpha value is -0.710. The van der Waals surface area contributed by atoms with E-state index in [4.69, 9.17) is 4.98 Å². The van der Waals surface area contributed by atoms with Crippen LogP contribution in [0.1, 0.15) is 23.4 Å². The van der Waals surface area contributed by atoms with Crippen LogP contribution in [-0.2, 0) is 6.42 Å². The van der Waals surface area contributed by atoms with Crippen molar-refractivity contribution in [3.8, 4) is 11.3 Å². The first kappa shape index (κ1) is 14.7. The molecule has 1 aromatic carbocycles. The number of nitrogens with zero attached hydrogens (tertiary/aromatic N) is 1. The van der Waals surface area contributed by atoms with Gasteiger partial charge in [0.25, 0.3) is 0 Å². The summed E-state index contributed by atoms with van der Waals surface area (Å²) in [4.78, 5) is 4.76. The maximum atomic E-state index is 4.76. The van der Waals surface area contributed by atoms with E-state index in [0.29, 0.717) is 0 Å². The highest BCUT2D eigenvalue weighted by molar-refractivity contribution is 9.10. The Bertz CT molecular complexity index is 537. The summed E-state index contributed by atoms with van der Waals surface area (Å²) in [5, 5.41) is 6.59. The lowest BCUT2D eigenvalue weighted by molar-refractivity contribution is 0.676. The number of thiazole rings is 1. The van der Waals surface area contributed by atoms with E-state index in [2.05, 4.69) is 51.7 Å². The first-order valence-corrected chi connectivity index (χ1v) is 8.23. The highest BCUT2D eigenvalue weighted by atomic mass is 79.9. The van der Waals surface area contributed by atoms with E-state index in [9.17, 15) is 0 Å². The third kappa shape index (κ3) is 4.13. The molecule has 0 fully saturated rings. The monoisotopic (exact) mass is 338 g/mol. The smallest absolute Gasteiger partial charge is 0.0932 e. The third-order valence-corrected chi connectivity index (χ3v) is 4.50. The maximum absolute atomic E-state index is 4.76. The number of aromatic nitrogens is 1. The molecule has 2 nitrogen and oxygen atoms in total. The van der Waals surface area contributed by atoms with Crippen LogP contribution in [0.2, 0.25) is 0 Å². The van der Waals surface area contributed by atoms with Crippen molar-refractivity contribution in [1.82, 2.24) is 10.3 Å². The minimum atomic E-state index is 1.08. The molecule has 0 atom stereocenters. The largest absolute Gasteiger partial charge is 0.320 e. The third-order valence-electron chi connectivity index (χ3n) is 3.09. The van der Waals surface area contributed by atoms with Crippen LogP contribution in [0.4, 0.5) is 0 Å². The van der Waals surface area contributed by atoms with Crippen LogP contribution >= 0.6 is 27.3 Å². The summed E-state index contributed by atoms with van der Waals surface area (Å²) in [6, 6.07) is 6.35. The van der Waals surface area contributed by atoms with Gasteiger partial charge in [0.1, 0.15) is 0 Å². The maximum Gasteiger partial charge on any atom is 0.0932 e. The fourth-order valence-corrected chi connectivity index (χ4v) is 3.20. The van der Waals surface area contributed by atoms with E-state index in [0.717, 1.165) is 23.1 Å². The van der Waals surface area contributed by atoms with Crippen LogP contribution in [0.15, 0.2) is 28.1 Å². The minimum absolute atomic E-state index is 1.08. The molecule has 2 aromatic rings. The summed E-state index contributed by atoms with van der Waals surface area (Å²) in [7, 11) is 2.00. The molecule has 0 radical (unpaired) electrons. The Labute approximate surface area is 127 Å². The molecule has 0 amide bonds. The Morgan fingerprint density at radius 2 is 2.16 bits per heavy atom. The van der Waals surface area contributed by atoms with Crippen LogP contribution in [0.3, 0.4) is 0 Å². The number of hydrogen-bond donors (Lipinski definition) is 1. The van der Waals surface area contributed by atoms with Gasteiger partial charge in [-0.2, -0.15) is 0 Å². The van der Waals surface area contributed by atoms with E-state index >= 15 is 0 Å². The molecule has 0 aliphatic carbocycles. The Balaban J connectivity index is 2.06. The van der Waals surface area contributed by atoms with E-state index < -0.39 is 0 Å². The fourth-order valence-electron chi connectivity index (χ4n) is 2.00. The van der Waals surface area contributed by atoms with Gasteiger partial charge in [0.15, 0.2) is 0 Å². The predicted octanol–water partition coefficient (Wildman–Crippen LogP) is 4.42. The van der Waals surface area contributed by atoms with Crippen molar-refractivity contribution in [1.29, 1.82) is 0 Å². The molecule has 102 valence electrons. The zero-order valence-electron chi connectivity index (χ0n) is 11.4. The Morgan fingerprint density at radius 3 is 2.95 bits per heavy atom. The predicted molar refractivity (Wildman–Crippen MR) is 86.9 cm³/mol. The van der Waals surface area contributed by atoms with Crippen molar-refractivity contribution < 1.29 is 0 Å². The molecule has 0 unspecified atom stereocenters. The number of rotatable bonds is 6. The van der Waals surface area contributed by atoms with Gasteiger partial charge in [0, 0.05) is 15.4 Å². The zero-order chi connectivity index (χ0) is 13.7. The second-order valence-corrected chi connectivity index (χ2v) is 6.50. The van der Waals surface area contributed by atoms with E-state index in [-0.39, 0.29) is 0 Å². The second kappa shape index (κ2) is 7.17. The normalized spacial score (nSPS) is 10.9.